The predicted octanol–water partition coefficient (Wildman–Crippen LogP) is 3.22. The fourth-order valence-corrected chi connectivity index (χ4v) is 3.14. The van der Waals surface area contributed by atoms with Gasteiger partial charge in [-0.05, 0) is 69.8 Å². The molecule has 0 aliphatic carbocycles. The third-order valence-corrected chi connectivity index (χ3v) is 3.98. The zero-order chi connectivity index (χ0) is 14.8. The van der Waals surface area contributed by atoms with Crippen molar-refractivity contribution in [2.24, 2.45) is 5.73 Å². The number of phenolic OH excluding ortho intramolecular Hbond substituents is 1. The maximum atomic E-state index is 13.8. The first-order chi connectivity index (χ1) is 8.71. The highest BCUT2D eigenvalue weighted by Crippen LogP contribution is 2.35. The fraction of sp³-hybridized carbons (Fsp3) is 0.364. The van der Waals surface area contributed by atoms with Crippen LogP contribution in [-0.2, 0) is 9.53 Å². The minimum Gasteiger partial charge on any atom is -0.506 e. The lowest BCUT2D eigenvalue weighted by atomic mass is 10.0. The van der Waals surface area contributed by atoms with Gasteiger partial charge < -0.3 is 15.6 Å². The van der Waals surface area contributed by atoms with E-state index in [0.29, 0.717) is 7.14 Å². The third-order valence-electron chi connectivity index (χ3n) is 2.34. The van der Waals surface area contributed by atoms with Gasteiger partial charge in [-0.15, -0.1) is 12.4 Å². The van der Waals surface area contributed by atoms with Crippen molar-refractivity contribution in [2.75, 3.05) is 6.61 Å². The number of rotatable bonds is 4. The second-order valence-corrected chi connectivity index (χ2v) is 5.98. The van der Waals surface area contributed by atoms with Crippen LogP contribution in [0.1, 0.15) is 18.5 Å². The molecule has 0 unspecified atom stereocenters. The molecule has 20 heavy (non-hydrogen) atoms. The molecule has 1 aromatic carbocycles. The van der Waals surface area contributed by atoms with Crippen molar-refractivity contribution in [3.8, 4) is 5.75 Å². The Balaban J connectivity index is 0.00000361. The number of alkyl halides is 2. The van der Waals surface area contributed by atoms with Gasteiger partial charge in [0.15, 0.2) is 0 Å². The first kappa shape index (κ1) is 20.1. The molecule has 114 valence electrons. The van der Waals surface area contributed by atoms with E-state index in [4.69, 9.17) is 5.73 Å². The van der Waals surface area contributed by atoms with Gasteiger partial charge in [0, 0.05) is 0 Å². The van der Waals surface area contributed by atoms with Gasteiger partial charge in [0.2, 0.25) is 0 Å². The lowest BCUT2D eigenvalue weighted by molar-refractivity contribution is -0.174. The highest BCUT2D eigenvalue weighted by Gasteiger charge is 2.48. The standard InChI is InChI=1S/C11H11F2I2NO3.ClH/c1-2-19-10(18)11(12,13)9(16)5-3-6(14)8(17)7(15)4-5;/h3-4,9,17H,2,16H2,1H3;1H/t9-;/m0./s1. The first-order valence-corrected chi connectivity index (χ1v) is 7.36. The smallest absolute Gasteiger partial charge is 0.379 e. The average Bonchev–Trinajstić information content (AvgIpc) is 2.34. The van der Waals surface area contributed by atoms with Gasteiger partial charge in [-0.2, -0.15) is 8.78 Å². The highest BCUT2D eigenvalue weighted by atomic mass is 127. The number of esters is 1. The molecule has 3 N–H and O–H groups in total. The summed E-state index contributed by atoms with van der Waals surface area (Å²) >= 11 is 3.60. The number of benzene rings is 1. The largest absolute Gasteiger partial charge is 0.506 e. The summed E-state index contributed by atoms with van der Waals surface area (Å²) in [5.41, 5.74) is 5.51. The lowest BCUT2D eigenvalue weighted by Gasteiger charge is -2.22. The Morgan fingerprint density at radius 3 is 2.30 bits per heavy atom. The summed E-state index contributed by atoms with van der Waals surface area (Å²) in [6.07, 6.45) is 0. The van der Waals surface area contributed by atoms with E-state index in [-0.39, 0.29) is 30.3 Å². The zero-order valence-electron chi connectivity index (χ0n) is 10.2. The van der Waals surface area contributed by atoms with E-state index >= 15 is 0 Å². The Kier molecular flexibility index (Phi) is 7.92. The van der Waals surface area contributed by atoms with Crippen LogP contribution < -0.4 is 5.73 Å². The molecule has 4 nitrogen and oxygen atoms in total. The molecule has 0 radical (unpaired) electrons. The van der Waals surface area contributed by atoms with Gasteiger partial charge >= 0.3 is 11.9 Å². The molecule has 0 bridgehead atoms. The number of aromatic hydroxyl groups is 1. The van der Waals surface area contributed by atoms with Crippen LogP contribution in [0.5, 0.6) is 5.75 Å². The van der Waals surface area contributed by atoms with E-state index in [1.165, 1.54) is 19.1 Å². The Morgan fingerprint density at radius 2 is 1.90 bits per heavy atom. The zero-order valence-corrected chi connectivity index (χ0v) is 15.3. The summed E-state index contributed by atoms with van der Waals surface area (Å²) < 4.78 is 32.6. The van der Waals surface area contributed by atoms with E-state index < -0.39 is 17.9 Å². The van der Waals surface area contributed by atoms with Crippen molar-refractivity contribution in [3.63, 3.8) is 0 Å². The van der Waals surface area contributed by atoms with Gasteiger partial charge in [0.1, 0.15) is 11.8 Å². The Labute approximate surface area is 148 Å². The van der Waals surface area contributed by atoms with E-state index in [2.05, 4.69) is 4.74 Å². The van der Waals surface area contributed by atoms with Crippen LogP contribution in [0.15, 0.2) is 12.1 Å². The molecule has 0 amide bonds. The van der Waals surface area contributed by atoms with Crippen LogP contribution in [0, 0.1) is 7.14 Å². The van der Waals surface area contributed by atoms with Crippen LogP contribution in [-0.4, -0.2) is 23.6 Å². The summed E-state index contributed by atoms with van der Waals surface area (Å²) in [4.78, 5) is 11.2. The highest BCUT2D eigenvalue weighted by molar-refractivity contribution is 14.1. The monoisotopic (exact) mass is 533 g/mol. The minimum atomic E-state index is -3.82. The molecule has 0 aromatic heterocycles. The molecule has 0 fully saturated rings. The summed E-state index contributed by atoms with van der Waals surface area (Å²) in [6.45, 7) is 1.29. The van der Waals surface area contributed by atoms with E-state index in [0.717, 1.165) is 0 Å². The Morgan fingerprint density at radius 1 is 1.45 bits per heavy atom. The second-order valence-electron chi connectivity index (χ2n) is 3.65. The average molecular weight is 533 g/mol. The quantitative estimate of drug-likeness (QED) is 0.461. The number of hydrogen-bond acceptors (Lipinski definition) is 4. The van der Waals surface area contributed by atoms with Crippen LogP contribution in [0.2, 0.25) is 0 Å². The number of nitrogens with two attached hydrogens (primary N) is 1. The number of ether oxygens (including phenoxy) is 1. The molecule has 0 spiro atoms. The van der Waals surface area contributed by atoms with Gasteiger partial charge in [0.25, 0.3) is 0 Å². The molecule has 0 aliphatic rings. The number of hydrogen-bond donors (Lipinski definition) is 2. The Bertz CT molecular complexity index is 480. The topological polar surface area (TPSA) is 72.5 Å². The van der Waals surface area contributed by atoms with Crippen molar-refractivity contribution in [1.82, 2.24) is 0 Å². The minimum absolute atomic E-state index is 0. The molecule has 0 saturated heterocycles. The van der Waals surface area contributed by atoms with Crippen molar-refractivity contribution in [3.05, 3.63) is 24.8 Å². The number of halogens is 5. The summed E-state index contributed by atoms with van der Waals surface area (Å²) in [5.74, 6) is -5.48. The molecule has 0 aliphatic heterocycles. The van der Waals surface area contributed by atoms with Gasteiger partial charge in [-0.25, -0.2) is 4.79 Å². The molecule has 0 saturated carbocycles. The summed E-state index contributed by atoms with van der Waals surface area (Å²) in [7, 11) is 0. The number of phenols is 1. The normalized spacial score (nSPS) is 12.5. The summed E-state index contributed by atoms with van der Waals surface area (Å²) in [5, 5.41) is 9.57. The molecular formula is C11H12ClF2I2NO3. The van der Waals surface area contributed by atoms with Crippen LogP contribution in [0.25, 0.3) is 0 Å². The summed E-state index contributed by atoms with van der Waals surface area (Å²) in [6, 6.07) is 0.806. The van der Waals surface area contributed by atoms with Crippen molar-refractivity contribution >= 4 is 63.6 Å². The van der Waals surface area contributed by atoms with Crippen molar-refractivity contribution in [1.29, 1.82) is 0 Å². The molecule has 1 aromatic rings. The molecule has 1 rings (SSSR count). The van der Waals surface area contributed by atoms with Crippen molar-refractivity contribution < 1.29 is 23.4 Å². The van der Waals surface area contributed by atoms with E-state index in [9.17, 15) is 18.7 Å². The fourth-order valence-electron chi connectivity index (χ4n) is 1.33. The SMILES string of the molecule is CCOC(=O)C(F)(F)[C@@H](N)c1cc(I)c(O)c(I)c1.Cl. The number of carbonyl (C=O) groups excluding carboxylic acids is 1. The van der Waals surface area contributed by atoms with E-state index in [1.54, 1.807) is 45.2 Å². The number of carbonyl (C=O) groups is 1. The van der Waals surface area contributed by atoms with Gasteiger partial charge in [-0.3, -0.25) is 0 Å². The van der Waals surface area contributed by atoms with Crippen molar-refractivity contribution in [2.45, 2.75) is 18.9 Å². The van der Waals surface area contributed by atoms with Gasteiger partial charge in [0.05, 0.1) is 13.7 Å². The van der Waals surface area contributed by atoms with Crippen LogP contribution in [0.4, 0.5) is 8.78 Å². The molecule has 0 heterocycles. The molecule has 1 atom stereocenters. The first-order valence-electron chi connectivity index (χ1n) is 5.20. The predicted molar refractivity (Wildman–Crippen MR) is 89.3 cm³/mol. The van der Waals surface area contributed by atoms with Gasteiger partial charge in [-0.1, -0.05) is 0 Å². The lowest BCUT2D eigenvalue weighted by Crippen LogP contribution is -2.41. The molecule has 9 heteroatoms. The maximum absolute atomic E-state index is 13.8. The van der Waals surface area contributed by atoms with Crippen LogP contribution >= 0.6 is 57.6 Å². The second kappa shape index (κ2) is 7.90. The maximum Gasteiger partial charge on any atom is 0.379 e. The molecular weight excluding hydrogens is 521 g/mol. The van der Waals surface area contributed by atoms with Crippen LogP contribution in [0.3, 0.4) is 0 Å². The van der Waals surface area contributed by atoms with E-state index in [1.807, 2.05) is 0 Å². The Hall–Kier alpha value is 0.0600. The third kappa shape index (κ3) is 4.28.